The van der Waals surface area contributed by atoms with Crippen LogP contribution in [-0.2, 0) is 0 Å². The number of halogens is 5. The van der Waals surface area contributed by atoms with Gasteiger partial charge < -0.3 is 5.73 Å². The molecule has 0 aromatic carbocycles. The molecule has 0 aromatic rings. The van der Waals surface area contributed by atoms with Crippen LogP contribution >= 0.6 is 10.2 Å². The Morgan fingerprint density at radius 2 is 1.12 bits per heavy atom. The number of nitrogens with two attached hydrogens (primary N) is 1. The Balaban J connectivity index is 4.50. The molecular formula is CH4F5NS. The Kier molecular flexibility index (Phi) is 0.966. The fourth-order valence-electron chi connectivity index (χ4n) is 0. The summed E-state index contributed by atoms with van der Waals surface area (Å²) in [5.74, 6) is -2.51. The SMILES string of the molecule is NCS(F)(F)(F)(F)F. The molecule has 0 aliphatic heterocycles. The lowest BCUT2D eigenvalue weighted by Crippen LogP contribution is -2.18. The average molecular weight is 157 g/mol. The molecule has 0 saturated heterocycles. The Morgan fingerprint density at radius 1 is 1.00 bits per heavy atom. The second-order valence-electron chi connectivity index (χ2n) is 1.30. The molecule has 0 radical (unpaired) electrons. The molecule has 0 aromatic heterocycles. The summed E-state index contributed by atoms with van der Waals surface area (Å²) >= 11 is 0. The topological polar surface area (TPSA) is 26.0 Å². The van der Waals surface area contributed by atoms with Gasteiger partial charge in [0.1, 0.15) is 5.88 Å². The standard InChI is InChI=1S/CH4F5NS/c2-8(3,4,5,6)1-7/h1,7H2. The lowest BCUT2D eigenvalue weighted by atomic mass is 11.6. The Bertz CT molecular complexity index is 95.6. The summed E-state index contributed by atoms with van der Waals surface area (Å²) in [6.45, 7) is 0. The third kappa shape index (κ3) is 5.96. The molecule has 0 bridgehead atoms. The number of hydrogen-bond donors (Lipinski definition) is 1. The molecule has 8 heavy (non-hydrogen) atoms. The van der Waals surface area contributed by atoms with Crippen molar-refractivity contribution in [2.75, 3.05) is 5.88 Å². The molecule has 0 rings (SSSR count). The molecule has 0 atom stereocenters. The van der Waals surface area contributed by atoms with E-state index in [0.717, 1.165) is 0 Å². The first-order chi connectivity index (χ1) is 3.04. The van der Waals surface area contributed by atoms with Gasteiger partial charge in [0, 0.05) is 0 Å². The van der Waals surface area contributed by atoms with Gasteiger partial charge in [-0.1, -0.05) is 19.4 Å². The van der Waals surface area contributed by atoms with Gasteiger partial charge in [0.15, 0.2) is 0 Å². The maximum absolute atomic E-state index is 10.8. The molecular weight excluding hydrogens is 153 g/mol. The quantitative estimate of drug-likeness (QED) is 0.580. The van der Waals surface area contributed by atoms with Gasteiger partial charge in [-0.15, -0.1) is 0 Å². The van der Waals surface area contributed by atoms with Gasteiger partial charge in [-0.25, -0.2) is 0 Å². The summed E-state index contributed by atoms with van der Waals surface area (Å²) < 4.78 is 54.1. The summed E-state index contributed by atoms with van der Waals surface area (Å²) in [6, 6.07) is 0. The lowest BCUT2D eigenvalue weighted by Gasteiger charge is -2.38. The molecule has 7 heteroatoms. The van der Waals surface area contributed by atoms with Crippen LogP contribution in [0.15, 0.2) is 0 Å². The predicted octanol–water partition coefficient (Wildman–Crippen LogP) is 2.20. The monoisotopic (exact) mass is 157 g/mol. The smallest absolute Gasteiger partial charge is 0.296 e. The summed E-state index contributed by atoms with van der Waals surface area (Å²) in [5, 5.41) is 0. The molecule has 1 nitrogen and oxygen atoms in total. The van der Waals surface area contributed by atoms with Crippen LogP contribution in [0, 0.1) is 0 Å². The third-order valence-corrected chi connectivity index (χ3v) is 0.945. The fourth-order valence-corrected chi connectivity index (χ4v) is 0. The van der Waals surface area contributed by atoms with Gasteiger partial charge >= 0.3 is 0 Å². The van der Waals surface area contributed by atoms with E-state index in [1.54, 1.807) is 0 Å². The van der Waals surface area contributed by atoms with Crippen LogP contribution in [0.4, 0.5) is 19.4 Å². The van der Waals surface area contributed by atoms with Gasteiger partial charge in [-0.05, 0) is 0 Å². The second-order valence-corrected chi connectivity index (χ2v) is 3.89. The zero-order chi connectivity index (χ0) is 7.12. The van der Waals surface area contributed by atoms with Crippen LogP contribution < -0.4 is 5.73 Å². The van der Waals surface area contributed by atoms with Crippen molar-refractivity contribution in [2.24, 2.45) is 5.73 Å². The van der Waals surface area contributed by atoms with Crippen molar-refractivity contribution in [3.8, 4) is 0 Å². The summed E-state index contributed by atoms with van der Waals surface area (Å²) in [7, 11) is -9.22. The van der Waals surface area contributed by atoms with E-state index in [4.69, 9.17) is 0 Å². The van der Waals surface area contributed by atoms with Gasteiger partial charge in [-0.3, -0.25) is 0 Å². The lowest BCUT2D eigenvalue weighted by molar-refractivity contribution is 0.365. The molecule has 0 amide bonds. The largest absolute Gasteiger partial charge is 0.314 e. The highest BCUT2D eigenvalue weighted by Crippen LogP contribution is 2.96. The summed E-state index contributed by atoms with van der Waals surface area (Å²) in [4.78, 5) is 0. The first-order valence-corrected chi connectivity index (χ1v) is 3.59. The van der Waals surface area contributed by atoms with E-state index < -0.39 is 16.1 Å². The third-order valence-electron chi connectivity index (χ3n) is 0.315. The molecule has 0 fully saturated rings. The highest BCUT2D eigenvalue weighted by Gasteiger charge is 2.61. The van der Waals surface area contributed by atoms with Crippen LogP contribution in [-0.4, -0.2) is 5.88 Å². The first-order valence-electron chi connectivity index (χ1n) is 1.47. The normalized spacial score (nSPS) is 21.8. The zero-order valence-corrected chi connectivity index (χ0v) is 4.40. The molecule has 2 N–H and O–H groups in total. The van der Waals surface area contributed by atoms with E-state index in [9.17, 15) is 19.4 Å². The van der Waals surface area contributed by atoms with Crippen molar-refractivity contribution >= 4 is 10.2 Å². The minimum atomic E-state index is -9.22. The molecule has 0 heterocycles. The van der Waals surface area contributed by atoms with Crippen molar-refractivity contribution in [3.63, 3.8) is 0 Å². The minimum absolute atomic E-state index is 2.51. The van der Waals surface area contributed by atoms with Crippen molar-refractivity contribution in [1.82, 2.24) is 0 Å². The van der Waals surface area contributed by atoms with Gasteiger partial charge in [0.25, 0.3) is 10.2 Å². The van der Waals surface area contributed by atoms with Gasteiger partial charge in [0.2, 0.25) is 0 Å². The maximum Gasteiger partial charge on any atom is 0.296 e. The number of hydrogen-bond acceptors (Lipinski definition) is 1. The zero-order valence-electron chi connectivity index (χ0n) is 3.58. The van der Waals surface area contributed by atoms with Crippen molar-refractivity contribution < 1.29 is 19.4 Å². The van der Waals surface area contributed by atoms with E-state index in [-0.39, 0.29) is 0 Å². The first kappa shape index (κ1) is 7.96. The van der Waals surface area contributed by atoms with Crippen LogP contribution in [0.3, 0.4) is 0 Å². The van der Waals surface area contributed by atoms with Crippen molar-refractivity contribution in [2.45, 2.75) is 0 Å². The van der Waals surface area contributed by atoms with Crippen LogP contribution in [0.25, 0.3) is 0 Å². The molecule has 0 spiro atoms. The summed E-state index contributed by atoms with van der Waals surface area (Å²) in [5.41, 5.74) is 3.75. The van der Waals surface area contributed by atoms with Crippen LogP contribution in [0.2, 0.25) is 0 Å². The second kappa shape index (κ2) is 0.971. The van der Waals surface area contributed by atoms with E-state index in [0.29, 0.717) is 0 Å². The Labute approximate surface area is 42.4 Å². The molecule has 0 unspecified atom stereocenters. The van der Waals surface area contributed by atoms with Crippen molar-refractivity contribution in [3.05, 3.63) is 0 Å². The van der Waals surface area contributed by atoms with E-state index in [1.165, 1.54) is 0 Å². The highest BCUT2D eigenvalue weighted by atomic mass is 32.5. The predicted molar refractivity (Wildman–Crippen MR) is 22.2 cm³/mol. The maximum atomic E-state index is 10.8. The molecule has 0 saturated carbocycles. The molecule has 54 valence electrons. The van der Waals surface area contributed by atoms with Crippen LogP contribution in [0.5, 0.6) is 0 Å². The van der Waals surface area contributed by atoms with E-state index in [1.807, 2.05) is 0 Å². The number of rotatable bonds is 1. The molecule has 0 aliphatic carbocycles. The highest BCUT2D eigenvalue weighted by molar-refractivity contribution is 8.45. The van der Waals surface area contributed by atoms with E-state index >= 15 is 0 Å². The molecule has 0 aliphatic rings. The average Bonchev–Trinajstić information content (AvgIpc) is 1.30. The summed E-state index contributed by atoms with van der Waals surface area (Å²) in [6.07, 6.45) is 0. The van der Waals surface area contributed by atoms with E-state index in [2.05, 4.69) is 5.73 Å². The Morgan fingerprint density at radius 3 is 1.12 bits per heavy atom. The minimum Gasteiger partial charge on any atom is -0.314 e. The fraction of sp³-hybridized carbons (Fsp3) is 1.00. The Hall–Kier alpha value is -0.0400. The van der Waals surface area contributed by atoms with Crippen molar-refractivity contribution in [1.29, 1.82) is 0 Å². The van der Waals surface area contributed by atoms with Gasteiger partial charge in [0.05, 0.1) is 0 Å². The van der Waals surface area contributed by atoms with Gasteiger partial charge in [-0.2, -0.15) is 0 Å². The van der Waals surface area contributed by atoms with Crippen LogP contribution in [0.1, 0.15) is 0 Å².